The Balaban J connectivity index is 1.98. The maximum Gasteiger partial charge on any atom is 0.378 e. The highest BCUT2D eigenvalue weighted by molar-refractivity contribution is 6.74. The summed E-state index contributed by atoms with van der Waals surface area (Å²) in [5, 5.41) is -0.0282. The van der Waals surface area contributed by atoms with E-state index in [2.05, 4.69) is 67.7 Å². The summed E-state index contributed by atoms with van der Waals surface area (Å²) in [6.07, 6.45) is -1.32. The van der Waals surface area contributed by atoms with E-state index in [-0.39, 0.29) is 29.0 Å². The summed E-state index contributed by atoms with van der Waals surface area (Å²) >= 11 is 0. The molecule has 0 amide bonds. The predicted molar refractivity (Wildman–Crippen MR) is 165 cm³/mol. The van der Waals surface area contributed by atoms with Crippen molar-refractivity contribution >= 4 is 22.6 Å². The fraction of sp³-hybridized carbons (Fsp3) is 0.531. The minimum absolute atomic E-state index is 0.0211. The molecule has 0 aromatic heterocycles. The lowest BCUT2D eigenvalue weighted by molar-refractivity contribution is -0.148. The van der Waals surface area contributed by atoms with Crippen LogP contribution in [0.3, 0.4) is 0 Å². The fourth-order valence-corrected chi connectivity index (χ4v) is 6.00. The molecule has 0 N–H and O–H groups in total. The lowest BCUT2D eigenvalue weighted by atomic mass is 10.1. The Kier molecular flexibility index (Phi) is 10.1. The van der Waals surface area contributed by atoms with E-state index in [1.165, 1.54) is 0 Å². The topological polar surface area (TPSA) is 63.2 Å². The maximum absolute atomic E-state index is 13.3. The third kappa shape index (κ3) is 8.09. The summed E-state index contributed by atoms with van der Waals surface area (Å²) in [5.41, 5.74) is 1.93. The summed E-state index contributed by atoms with van der Waals surface area (Å²) in [6.45, 7) is 22.9. The number of carbonyl (C=O) groups is 1. The van der Waals surface area contributed by atoms with E-state index in [9.17, 15) is 4.79 Å². The van der Waals surface area contributed by atoms with Crippen molar-refractivity contribution in [1.82, 2.24) is 0 Å². The van der Waals surface area contributed by atoms with Gasteiger partial charge in [0, 0.05) is 0 Å². The van der Waals surface area contributed by atoms with Gasteiger partial charge in [0.25, 0.3) is 0 Å². The van der Waals surface area contributed by atoms with Crippen LogP contribution in [0, 0.1) is 0 Å². The quantitative estimate of drug-likeness (QED) is 0.186. The van der Waals surface area contributed by atoms with Crippen molar-refractivity contribution in [3.05, 3.63) is 83.3 Å². The largest absolute Gasteiger partial charge is 0.485 e. The normalized spacial score (nSPS) is 17.6. The highest BCUT2D eigenvalue weighted by atomic mass is 28.4. The van der Waals surface area contributed by atoms with Crippen LogP contribution in [0.1, 0.15) is 52.7 Å². The number of benzene rings is 2. The summed E-state index contributed by atoms with van der Waals surface area (Å²) in [6, 6.07) is 19.6. The van der Waals surface area contributed by atoms with Gasteiger partial charge in [-0.2, -0.15) is 0 Å². The van der Waals surface area contributed by atoms with Crippen molar-refractivity contribution < 1.29 is 27.9 Å². The van der Waals surface area contributed by atoms with Crippen molar-refractivity contribution in [3.63, 3.8) is 0 Å². The molecular weight excluding hydrogens is 537 g/mol. The molecule has 0 fully saturated rings. The van der Waals surface area contributed by atoms with Crippen LogP contribution < -0.4 is 0 Å². The minimum atomic E-state index is -2.28. The van der Waals surface area contributed by atoms with Gasteiger partial charge in [-0.1, -0.05) is 102 Å². The van der Waals surface area contributed by atoms with Gasteiger partial charge in [-0.25, -0.2) is 4.79 Å². The smallest absolute Gasteiger partial charge is 0.378 e. The van der Waals surface area contributed by atoms with E-state index in [0.29, 0.717) is 12.4 Å². The first-order valence-electron chi connectivity index (χ1n) is 14.1. The number of rotatable bonds is 12. The molecule has 1 aliphatic heterocycles. The zero-order valence-electron chi connectivity index (χ0n) is 26.0. The minimum Gasteiger partial charge on any atom is -0.485 e. The van der Waals surface area contributed by atoms with E-state index in [4.69, 9.17) is 23.1 Å². The number of cyclic esters (lactones) is 1. The second-order valence-corrected chi connectivity index (χ2v) is 23.1. The average molecular weight is 585 g/mol. The van der Waals surface area contributed by atoms with Crippen LogP contribution >= 0.6 is 0 Å². The Hall–Kier alpha value is -2.40. The Morgan fingerprint density at radius 3 is 1.70 bits per heavy atom. The van der Waals surface area contributed by atoms with E-state index >= 15 is 0 Å². The molecule has 0 aliphatic carbocycles. The van der Waals surface area contributed by atoms with E-state index in [1.807, 2.05) is 60.7 Å². The van der Waals surface area contributed by atoms with E-state index in [1.54, 1.807) is 0 Å². The molecule has 220 valence electrons. The highest BCUT2D eigenvalue weighted by Crippen LogP contribution is 2.41. The van der Waals surface area contributed by atoms with Crippen LogP contribution in [0.25, 0.3) is 0 Å². The molecule has 1 aliphatic rings. The highest BCUT2D eigenvalue weighted by Gasteiger charge is 2.49. The third-order valence-corrected chi connectivity index (χ3v) is 17.4. The molecule has 0 unspecified atom stereocenters. The maximum atomic E-state index is 13.3. The predicted octanol–water partition coefficient (Wildman–Crippen LogP) is 7.97. The molecule has 0 bridgehead atoms. The van der Waals surface area contributed by atoms with Crippen molar-refractivity contribution in [2.75, 3.05) is 6.61 Å². The second kappa shape index (κ2) is 12.6. The number of hydrogen-bond donors (Lipinski definition) is 0. The monoisotopic (exact) mass is 584 g/mol. The van der Waals surface area contributed by atoms with Crippen LogP contribution in [0.4, 0.5) is 0 Å². The summed E-state index contributed by atoms with van der Waals surface area (Å²) < 4.78 is 32.0. The van der Waals surface area contributed by atoms with Crippen molar-refractivity contribution in [3.8, 4) is 0 Å². The molecule has 3 rings (SSSR count). The molecule has 40 heavy (non-hydrogen) atoms. The molecule has 0 saturated heterocycles. The van der Waals surface area contributed by atoms with Crippen molar-refractivity contribution in [2.45, 2.75) is 103 Å². The Bertz CT molecular complexity index is 1150. The van der Waals surface area contributed by atoms with Crippen LogP contribution in [-0.4, -0.2) is 41.4 Å². The summed E-state index contributed by atoms with van der Waals surface area (Å²) in [7, 11) is -4.40. The van der Waals surface area contributed by atoms with Gasteiger partial charge in [-0.3, -0.25) is 0 Å². The van der Waals surface area contributed by atoms with Crippen molar-refractivity contribution in [2.24, 2.45) is 0 Å². The van der Waals surface area contributed by atoms with Gasteiger partial charge in [-0.15, -0.1) is 0 Å². The van der Waals surface area contributed by atoms with Crippen LogP contribution in [0.15, 0.2) is 72.2 Å². The molecule has 0 spiro atoms. The second-order valence-electron chi connectivity index (χ2n) is 13.6. The lowest BCUT2D eigenvalue weighted by Gasteiger charge is -2.42. The molecule has 2 aromatic rings. The third-order valence-electron chi connectivity index (χ3n) is 8.37. The SMILES string of the molecule is CC(C)(C)[Si](C)(C)OC[C@@H](O[Si](C)(C)C(C)(C)C)[C@H]1OC(=O)C(OCc2ccccc2)=C1OCc1ccccc1. The molecule has 8 heteroatoms. The first-order chi connectivity index (χ1) is 18.5. The standard InChI is InChI=1S/C32H48O6Si2/c1-31(2,3)39(7,8)36-23-26(38-40(9,10)32(4,5)6)27-28(34-21-24-17-13-11-14-18-24)29(30(33)37-27)35-22-25-19-15-12-16-20-25/h11-20,26-27H,21-23H2,1-10H3/t26-,27-/m1/s1. The van der Waals surface area contributed by atoms with Crippen molar-refractivity contribution in [1.29, 1.82) is 0 Å². The van der Waals surface area contributed by atoms with Gasteiger partial charge < -0.3 is 23.1 Å². The molecule has 0 saturated carbocycles. The number of carbonyl (C=O) groups excluding carboxylic acids is 1. The molecule has 2 aromatic carbocycles. The first-order valence-corrected chi connectivity index (χ1v) is 19.9. The Labute approximate surface area is 243 Å². The van der Waals surface area contributed by atoms with E-state index in [0.717, 1.165) is 11.1 Å². The van der Waals surface area contributed by atoms with Gasteiger partial charge in [0.05, 0.1) is 6.61 Å². The molecular formula is C32H48O6Si2. The number of ether oxygens (including phenoxy) is 3. The van der Waals surface area contributed by atoms with Gasteiger partial charge in [0.2, 0.25) is 5.76 Å². The summed E-state index contributed by atoms with van der Waals surface area (Å²) in [5.74, 6) is -0.0755. The lowest BCUT2D eigenvalue weighted by Crippen LogP contribution is -2.51. The number of esters is 1. The Morgan fingerprint density at radius 2 is 1.23 bits per heavy atom. The fourth-order valence-electron chi connectivity index (χ4n) is 3.69. The number of hydrogen-bond acceptors (Lipinski definition) is 6. The zero-order chi connectivity index (χ0) is 29.8. The zero-order valence-corrected chi connectivity index (χ0v) is 28.0. The van der Waals surface area contributed by atoms with Crippen LogP contribution in [0.5, 0.6) is 0 Å². The molecule has 1 heterocycles. The molecule has 2 atom stereocenters. The van der Waals surface area contributed by atoms with Gasteiger partial charge in [-0.05, 0) is 47.4 Å². The van der Waals surface area contributed by atoms with Crippen LogP contribution in [-0.2, 0) is 41.1 Å². The Morgan fingerprint density at radius 1 is 0.750 bits per heavy atom. The average Bonchev–Trinajstić information content (AvgIpc) is 3.18. The van der Waals surface area contributed by atoms with Gasteiger partial charge in [0.1, 0.15) is 19.3 Å². The van der Waals surface area contributed by atoms with Gasteiger partial charge >= 0.3 is 5.97 Å². The van der Waals surface area contributed by atoms with Crippen LogP contribution in [0.2, 0.25) is 36.3 Å². The van der Waals surface area contributed by atoms with E-state index < -0.39 is 34.8 Å². The van der Waals surface area contributed by atoms with Gasteiger partial charge in [0.15, 0.2) is 28.5 Å². The molecule has 0 radical (unpaired) electrons. The summed E-state index contributed by atoms with van der Waals surface area (Å²) in [4.78, 5) is 13.3. The molecule has 6 nitrogen and oxygen atoms in total. The first kappa shape index (κ1) is 32.1.